The van der Waals surface area contributed by atoms with Gasteiger partial charge < -0.3 is 4.74 Å². The molecule has 2 atom stereocenters. The van der Waals surface area contributed by atoms with E-state index in [0.717, 1.165) is 12.0 Å². The van der Waals surface area contributed by atoms with Crippen LogP contribution in [0.3, 0.4) is 0 Å². The number of hydrogen-bond donors (Lipinski definition) is 0. The van der Waals surface area contributed by atoms with Gasteiger partial charge in [0, 0.05) is 5.41 Å². The Morgan fingerprint density at radius 1 is 0.846 bits per heavy atom. The molecule has 0 N–H and O–H groups in total. The zero-order valence-electron chi connectivity index (χ0n) is 14.8. The Morgan fingerprint density at radius 3 is 1.81 bits per heavy atom. The van der Waals surface area contributed by atoms with Crippen molar-refractivity contribution in [1.29, 1.82) is 0 Å². The van der Waals surface area contributed by atoms with Crippen LogP contribution in [0.1, 0.15) is 36.1 Å². The number of benzene rings is 3. The molecule has 2 nitrogen and oxygen atoms in total. The minimum absolute atomic E-state index is 0.117. The molecule has 0 aliphatic heterocycles. The molecule has 3 aromatic carbocycles. The Balaban J connectivity index is 1.60. The molecular formula is C24H22O2. The summed E-state index contributed by atoms with van der Waals surface area (Å²) in [5.41, 5.74) is 3.11. The summed E-state index contributed by atoms with van der Waals surface area (Å²) in [6, 6.07) is 30.5. The summed E-state index contributed by atoms with van der Waals surface area (Å²) >= 11 is 0. The fourth-order valence-electron chi connectivity index (χ4n) is 3.87. The van der Waals surface area contributed by atoms with Crippen LogP contribution in [0.15, 0.2) is 91.0 Å². The summed E-state index contributed by atoms with van der Waals surface area (Å²) in [4.78, 5) is 12.9. The minimum Gasteiger partial charge on any atom is -0.458 e. The maximum absolute atomic E-state index is 12.9. The molecule has 0 spiro atoms. The Kier molecular flexibility index (Phi) is 4.34. The summed E-state index contributed by atoms with van der Waals surface area (Å²) < 4.78 is 5.82. The molecule has 0 heterocycles. The van der Waals surface area contributed by atoms with Gasteiger partial charge in [-0.05, 0) is 30.0 Å². The van der Waals surface area contributed by atoms with Crippen LogP contribution in [0.2, 0.25) is 0 Å². The third kappa shape index (κ3) is 2.92. The summed E-state index contributed by atoms with van der Waals surface area (Å²) in [7, 11) is 0. The molecule has 2 heteroatoms. The molecule has 0 radical (unpaired) electrons. The van der Waals surface area contributed by atoms with Crippen molar-refractivity contribution in [2.45, 2.75) is 24.9 Å². The molecule has 1 saturated carbocycles. The van der Waals surface area contributed by atoms with E-state index in [2.05, 4.69) is 24.3 Å². The van der Waals surface area contributed by atoms with Gasteiger partial charge in [-0.3, -0.25) is 4.79 Å². The number of carbonyl (C=O) groups is 1. The topological polar surface area (TPSA) is 26.3 Å². The number of esters is 1. The van der Waals surface area contributed by atoms with E-state index in [1.807, 2.05) is 73.7 Å². The van der Waals surface area contributed by atoms with E-state index in [1.165, 1.54) is 11.1 Å². The zero-order chi connectivity index (χ0) is 18.0. The van der Waals surface area contributed by atoms with E-state index < -0.39 is 0 Å². The van der Waals surface area contributed by atoms with Gasteiger partial charge >= 0.3 is 5.97 Å². The molecule has 0 unspecified atom stereocenters. The SMILES string of the molecule is C[C@@H](OC(=O)[C@@H]1CC1(c1ccccc1)c1ccccc1)c1ccccc1. The predicted molar refractivity (Wildman–Crippen MR) is 103 cm³/mol. The van der Waals surface area contributed by atoms with Gasteiger partial charge in [-0.25, -0.2) is 0 Å². The van der Waals surface area contributed by atoms with Crippen molar-refractivity contribution in [2.75, 3.05) is 0 Å². The molecule has 1 fully saturated rings. The third-order valence-corrected chi connectivity index (χ3v) is 5.39. The molecule has 0 bridgehead atoms. The van der Waals surface area contributed by atoms with Crippen LogP contribution in [0.5, 0.6) is 0 Å². The summed E-state index contributed by atoms with van der Waals surface area (Å²) in [5, 5.41) is 0. The molecular weight excluding hydrogens is 320 g/mol. The van der Waals surface area contributed by atoms with Crippen LogP contribution in [0.25, 0.3) is 0 Å². The van der Waals surface area contributed by atoms with Crippen molar-refractivity contribution < 1.29 is 9.53 Å². The summed E-state index contributed by atoms with van der Waals surface area (Å²) in [6.45, 7) is 1.93. The normalized spacial score (nSPS) is 18.7. The van der Waals surface area contributed by atoms with Crippen molar-refractivity contribution in [3.63, 3.8) is 0 Å². The number of ether oxygens (including phenoxy) is 1. The van der Waals surface area contributed by atoms with Gasteiger partial charge in [0.1, 0.15) is 6.10 Å². The van der Waals surface area contributed by atoms with Gasteiger partial charge in [-0.2, -0.15) is 0 Å². The number of carbonyl (C=O) groups excluding carboxylic acids is 1. The van der Waals surface area contributed by atoms with Crippen molar-refractivity contribution in [3.05, 3.63) is 108 Å². The summed E-state index contributed by atoms with van der Waals surface area (Å²) in [5.74, 6) is -0.257. The van der Waals surface area contributed by atoms with Crippen LogP contribution in [-0.4, -0.2) is 5.97 Å². The minimum atomic E-state index is -0.268. The van der Waals surface area contributed by atoms with Crippen molar-refractivity contribution in [1.82, 2.24) is 0 Å². The second-order valence-electron chi connectivity index (χ2n) is 6.95. The van der Waals surface area contributed by atoms with E-state index in [-0.39, 0.29) is 23.4 Å². The Bertz CT molecular complexity index is 832. The fraction of sp³-hybridized carbons (Fsp3) is 0.208. The maximum atomic E-state index is 12.9. The van der Waals surface area contributed by atoms with Gasteiger partial charge in [-0.1, -0.05) is 91.0 Å². The zero-order valence-corrected chi connectivity index (χ0v) is 14.8. The van der Waals surface area contributed by atoms with E-state index in [0.29, 0.717) is 0 Å². The summed E-state index contributed by atoms with van der Waals surface area (Å²) in [6.07, 6.45) is 0.551. The second-order valence-corrected chi connectivity index (χ2v) is 6.95. The lowest BCUT2D eigenvalue weighted by Gasteiger charge is -2.20. The Morgan fingerprint density at radius 2 is 1.31 bits per heavy atom. The standard InChI is InChI=1S/C24H22O2/c1-18(19-11-5-2-6-12-19)26-23(25)22-17-24(22,20-13-7-3-8-14-20)21-15-9-4-10-16-21/h2-16,18,22H,17H2,1H3/t18-,22+/m1/s1. The van der Waals surface area contributed by atoms with Gasteiger partial charge in [0.15, 0.2) is 0 Å². The Hall–Kier alpha value is -2.87. The van der Waals surface area contributed by atoms with E-state index in [4.69, 9.17) is 4.74 Å². The highest BCUT2D eigenvalue weighted by atomic mass is 16.5. The second kappa shape index (κ2) is 6.80. The molecule has 4 rings (SSSR count). The molecule has 0 amide bonds. The maximum Gasteiger partial charge on any atom is 0.310 e. The predicted octanol–water partition coefficient (Wildman–Crippen LogP) is 5.30. The largest absolute Gasteiger partial charge is 0.458 e. The number of hydrogen-bond acceptors (Lipinski definition) is 2. The van der Waals surface area contributed by atoms with Crippen LogP contribution in [0, 0.1) is 5.92 Å². The van der Waals surface area contributed by atoms with Gasteiger partial charge in [-0.15, -0.1) is 0 Å². The van der Waals surface area contributed by atoms with Crippen molar-refractivity contribution in [3.8, 4) is 0 Å². The van der Waals surface area contributed by atoms with E-state index >= 15 is 0 Å². The first-order valence-corrected chi connectivity index (χ1v) is 9.08. The van der Waals surface area contributed by atoms with Crippen LogP contribution < -0.4 is 0 Å². The van der Waals surface area contributed by atoms with Gasteiger partial charge in [0.25, 0.3) is 0 Å². The molecule has 3 aromatic rings. The average molecular weight is 342 g/mol. The lowest BCUT2D eigenvalue weighted by Crippen LogP contribution is -2.20. The van der Waals surface area contributed by atoms with E-state index in [9.17, 15) is 4.79 Å². The smallest absolute Gasteiger partial charge is 0.310 e. The van der Waals surface area contributed by atoms with Gasteiger partial charge in [0.2, 0.25) is 0 Å². The van der Waals surface area contributed by atoms with Gasteiger partial charge in [0.05, 0.1) is 5.92 Å². The monoisotopic (exact) mass is 342 g/mol. The van der Waals surface area contributed by atoms with E-state index in [1.54, 1.807) is 0 Å². The lowest BCUT2D eigenvalue weighted by atomic mass is 9.86. The van der Waals surface area contributed by atoms with Crippen LogP contribution >= 0.6 is 0 Å². The molecule has 130 valence electrons. The molecule has 0 aromatic heterocycles. The quantitative estimate of drug-likeness (QED) is 0.588. The molecule has 1 aliphatic rings. The third-order valence-electron chi connectivity index (χ3n) is 5.39. The van der Waals surface area contributed by atoms with Crippen molar-refractivity contribution in [2.24, 2.45) is 5.92 Å². The first-order valence-electron chi connectivity index (χ1n) is 9.08. The lowest BCUT2D eigenvalue weighted by molar-refractivity contribution is -0.150. The molecule has 1 aliphatic carbocycles. The molecule has 26 heavy (non-hydrogen) atoms. The fourth-order valence-corrected chi connectivity index (χ4v) is 3.87. The van der Waals surface area contributed by atoms with Crippen LogP contribution in [-0.2, 0) is 14.9 Å². The highest BCUT2D eigenvalue weighted by Crippen LogP contribution is 2.59. The van der Waals surface area contributed by atoms with Crippen molar-refractivity contribution >= 4 is 5.97 Å². The first-order chi connectivity index (χ1) is 12.7. The molecule has 0 saturated heterocycles. The average Bonchev–Trinajstić information content (AvgIpc) is 3.47. The highest BCUT2D eigenvalue weighted by molar-refractivity contribution is 5.81. The first kappa shape index (κ1) is 16.6. The Labute approximate surface area is 154 Å². The highest BCUT2D eigenvalue weighted by Gasteiger charge is 2.61. The van der Waals surface area contributed by atoms with Crippen LogP contribution in [0.4, 0.5) is 0 Å². The number of rotatable bonds is 5.